The molecule has 14 heteroatoms. The molecule has 2 heterocycles. The van der Waals surface area contributed by atoms with Gasteiger partial charge in [0.2, 0.25) is 10.0 Å². The van der Waals surface area contributed by atoms with E-state index in [1.165, 1.54) is 0 Å². The van der Waals surface area contributed by atoms with Crippen molar-refractivity contribution in [3.8, 4) is 28.3 Å². The maximum absolute atomic E-state index is 13.5. The quantitative estimate of drug-likeness (QED) is 0.265. The van der Waals surface area contributed by atoms with Crippen LogP contribution in [0.5, 0.6) is 5.75 Å². The fourth-order valence-electron chi connectivity index (χ4n) is 4.26. The van der Waals surface area contributed by atoms with E-state index in [4.69, 9.17) is 9.47 Å². The van der Waals surface area contributed by atoms with Gasteiger partial charge in [0, 0.05) is 24.2 Å². The summed E-state index contributed by atoms with van der Waals surface area (Å²) in [4.78, 5) is 37.7. The Morgan fingerprint density at radius 2 is 1.82 bits per heavy atom. The summed E-state index contributed by atoms with van der Waals surface area (Å²) in [7, 11) is -3.67. The number of hydrogen-bond donors (Lipinski definition) is 4. The van der Waals surface area contributed by atoms with Crippen LogP contribution in [0.3, 0.4) is 0 Å². The molecule has 39 heavy (non-hydrogen) atoms. The molecule has 0 bridgehead atoms. The van der Waals surface area contributed by atoms with E-state index in [1.54, 1.807) is 47.5 Å². The molecule has 2 aromatic carbocycles. The Morgan fingerprint density at radius 3 is 2.51 bits per heavy atom. The topological polar surface area (TPSA) is 172 Å². The van der Waals surface area contributed by atoms with Gasteiger partial charge in [-0.1, -0.05) is 19.6 Å². The van der Waals surface area contributed by atoms with Crippen LogP contribution in [0, 0.1) is 0 Å². The van der Waals surface area contributed by atoms with Gasteiger partial charge < -0.3 is 14.8 Å². The maximum atomic E-state index is 13.5. The molecule has 1 aliphatic carbocycles. The molecule has 0 unspecified atom stereocenters. The van der Waals surface area contributed by atoms with E-state index in [2.05, 4.69) is 20.9 Å². The minimum Gasteiger partial charge on any atom is -0.484 e. The summed E-state index contributed by atoms with van der Waals surface area (Å²) in [5.74, 6) is -0.746. The zero-order valence-corrected chi connectivity index (χ0v) is 21.1. The molecular weight excluding hydrogens is 528 g/mol. The average molecular weight is 557 g/mol. The molecule has 0 radical (unpaired) electrons. The molecule has 0 atom stereocenters. The van der Waals surface area contributed by atoms with Crippen LogP contribution in [0.25, 0.3) is 22.5 Å². The molecular formula is C25H28N6O7S. The van der Waals surface area contributed by atoms with E-state index < -0.39 is 28.6 Å². The highest BCUT2D eigenvalue weighted by atomic mass is 32.2. The predicted octanol–water partition coefficient (Wildman–Crippen LogP) is 1.75. The standard InChI is InChI=1S/C24H24N6O7S.CH4/c1-38(34,35)29-18(31)13-37-15-7-5-14(6-8-15)21-20-22(27-26-21)16-3-2-4-17(19(16)23(20)32)25-24(33)28-30-9-11-36-12-10-30;/h2-8H,9-13H2,1H3,(H,26,27)(H,29,31)(H2,25,28,33);1H4. The number of morpholine rings is 1. The van der Waals surface area contributed by atoms with Crippen molar-refractivity contribution in [2.24, 2.45) is 0 Å². The number of fused-ring (bicyclic) bond motifs is 3. The number of carbonyl (C=O) groups excluding carboxylic acids is 3. The van der Waals surface area contributed by atoms with Gasteiger partial charge in [-0.3, -0.25) is 24.8 Å². The molecule has 0 saturated carbocycles. The summed E-state index contributed by atoms with van der Waals surface area (Å²) in [6, 6.07) is 11.3. The molecule has 13 nitrogen and oxygen atoms in total. The number of urea groups is 1. The van der Waals surface area contributed by atoms with E-state index in [0.29, 0.717) is 71.4 Å². The third-order valence-electron chi connectivity index (χ3n) is 5.87. The number of ketones is 1. The van der Waals surface area contributed by atoms with Gasteiger partial charge in [0.25, 0.3) is 5.91 Å². The highest BCUT2D eigenvalue weighted by Gasteiger charge is 2.35. The van der Waals surface area contributed by atoms with Crippen molar-refractivity contribution < 1.29 is 32.3 Å². The van der Waals surface area contributed by atoms with Crippen LogP contribution < -0.4 is 20.2 Å². The lowest BCUT2D eigenvalue weighted by Crippen LogP contribution is -2.49. The first-order valence-electron chi connectivity index (χ1n) is 11.6. The number of hydrazine groups is 1. The SMILES string of the molecule is C.CS(=O)(=O)NC(=O)COc1ccc(-c2n[nH]c3c2C(=O)c2c(NC(=O)NN4CCOCC4)cccc2-3)cc1. The predicted molar refractivity (Wildman–Crippen MR) is 143 cm³/mol. The lowest BCUT2D eigenvalue weighted by molar-refractivity contribution is -0.121. The lowest BCUT2D eigenvalue weighted by atomic mass is 10.0. The third-order valence-corrected chi connectivity index (χ3v) is 6.47. The molecule has 5 rings (SSSR count). The minimum atomic E-state index is -3.67. The minimum absolute atomic E-state index is 0. The number of nitrogens with zero attached hydrogens (tertiary/aromatic N) is 2. The number of hydrogen-bond acceptors (Lipinski definition) is 9. The monoisotopic (exact) mass is 556 g/mol. The van der Waals surface area contributed by atoms with Gasteiger partial charge in [0.1, 0.15) is 11.4 Å². The number of nitrogens with one attached hydrogen (secondary N) is 4. The fourth-order valence-corrected chi connectivity index (χ4v) is 4.74. The second kappa shape index (κ2) is 11.2. The summed E-state index contributed by atoms with van der Waals surface area (Å²) >= 11 is 0. The highest BCUT2D eigenvalue weighted by Crippen LogP contribution is 2.43. The number of H-pyrrole nitrogens is 1. The Morgan fingerprint density at radius 1 is 1.10 bits per heavy atom. The van der Waals surface area contributed by atoms with Crippen LogP contribution in [0.2, 0.25) is 0 Å². The zero-order chi connectivity index (χ0) is 26.9. The molecule has 1 saturated heterocycles. The number of anilines is 1. The first-order chi connectivity index (χ1) is 18.2. The normalized spacial score (nSPS) is 14.5. The van der Waals surface area contributed by atoms with Crippen molar-refractivity contribution in [2.45, 2.75) is 7.43 Å². The second-order valence-corrected chi connectivity index (χ2v) is 10.4. The van der Waals surface area contributed by atoms with Gasteiger partial charge in [-0.25, -0.2) is 18.2 Å². The number of aromatic nitrogens is 2. The van der Waals surface area contributed by atoms with Crippen LogP contribution in [-0.2, 0) is 19.6 Å². The van der Waals surface area contributed by atoms with E-state index in [1.807, 2.05) is 4.72 Å². The van der Waals surface area contributed by atoms with Crippen molar-refractivity contribution in [3.05, 3.63) is 53.6 Å². The summed E-state index contributed by atoms with van der Waals surface area (Å²) in [6.07, 6.45) is 0.876. The van der Waals surface area contributed by atoms with Crippen LogP contribution in [0.1, 0.15) is 23.3 Å². The van der Waals surface area contributed by atoms with Gasteiger partial charge in [-0.2, -0.15) is 5.10 Å². The van der Waals surface area contributed by atoms with Crippen molar-refractivity contribution >= 4 is 33.4 Å². The van der Waals surface area contributed by atoms with Crippen LogP contribution in [-0.4, -0.2) is 80.5 Å². The zero-order valence-electron chi connectivity index (χ0n) is 20.2. The van der Waals surface area contributed by atoms with E-state index in [0.717, 1.165) is 6.26 Å². The number of aromatic amines is 1. The number of carbonyl (C=O) groups is 3. The molecule has 3 aromatic rings. The first-order valence-corrected chi connectivity index (χ1v) is 13.5. The van der Waals surface area contributed by atoms with Crippen molar-refractivity contribution in [1.82, 2.24) is 25.4 Å². The van der Waals surface area contributed by atoms with Gasteiger partial charge in [0.15, 0.2) is 12.4 Å². The van der Waals surface area contributed by atoms with Crippen LogP contribution in [0.4, 0.5) is 10.5 Å². The Balaban J connectivity index is 0.00000353. The molecule has 3 amide bonds. The Bertz CT molecular complexity index is 1510. The lowest BCUT2D eigenvalue weighted by Gasteiger charge is -2.27. The largest absolute Gasteiger partial charge is 0.484 e. The van der Waals surface area contributed by atoms with Crippen molar-refractivity contribution in [3.63, 3.8) is 0 Å². The Kier molecular flexibility index (Phi) is 7.99. The third kappa shape index (κ3) is 6.08. The Labute approximate surface area is 224 Å². The number of amides is 3. The van der Waals surface area contributed by atoms with Crippen LogP contribution >= 0.6 is 0 Å². The number of sulfonamides is 1. The maximum Gasteiger partial charge on any atom is 0.333 e. The molecule has 4 N–H and O–H groups in total. The van der Waals surface area contributed by atoms with E-state index >= 15 is 0 Å². The van der Waals surface area contributed by atoms with E-state index in [-0.39, 0.29) is 13.2 Å². The smallest absolute Gasteiger partial charge is 0.333 e. The van der Waals surface area contributed by atoms with Gasteiger partial charge in [0.05, 0.1) is 42.0 Å². The number of rotatable bonds is 7. The molecule has 1 aliphatic heterocycles. The fraction of sp³-hybridized carbons (Fsp3) is 0.280. The summed E-state index contributed by atoms with van der Waals surface area (Å²) in [5, 5.41) is 11.8. The van der Waals surface area contributed by atoms with Crippen molar-refractivity contribution in [1.29, 1.82) is 0 Å². The molecule has 1 fully saturated rings. The highest BCUT2D eigenvalue weighted by molar-refractivity contribution is 7.89. The summed E-state index contributed by atoms with van der Waals surface area (Å²) < 4.78 is 34.7. The van der Waals surface area contributed by atoms with Gasteiger partial charge in [-0.15, -0.1) is 0 Å². The van der Waals surface area contributed by atoms with Gasteiger partial charge >= 0.3 is 6.03 Å². The second-order valence-electron chi connectivity index (χ2n) is 8.66. The first kappa shape index (κ1) is 27.8. The van der Waals surface area contributed by atoms with Crippen molar-refractivity contribution in [2.75, 3.05) is 44.5 Å². The molecule has 2 aliphatic rings. The van der Waals surface area contributed by atoms with Gasteiger partial charge in [-0.05, 0) is 30.3 Å². The summed E-state index contributed by atoms with van der Waals surface area (Å²) in [5.41, 5.74) is 6.11. The Hall–Kier alpha value is -4.27. The number of benzene rings is 2. The summed E-state index contributed by atoms with van der Waals surface area (Å²) in [6.45, 7) is 1.70. The van der Waals surface area contributed by atoms with E-state index in [9.17, 15) is 22.8 Å². The molecule has 206 valence electrons. The number of ether oxygens (including phenoxy) is 2. The van der Waals surface area contributed by atoms with Crippen LogP contribution in [0.15, 0.2) is 42.5 Å². The molecule has 0 spiro atoms. The molecule has 1 aromatic heterocycles. The average Bonchev–Trinajstić information content (AvgIpc) is 3.43.